The predicted octanol–water partition coefficient (Wildman–Crippen LogP) is 1.19. The molecule has 2 aliphatic carbocycles. The van der Waals surface area contributed by atoms with Gasteiger partial charge in [-0.3, -0.25) is 14.4 Å². The van der Waals surface area contributed by atoms with E-state index in [1.54, 1.807) is 24.2 Å². The Labute approximate surface area is 216 Å². The van der Waals surface area contributed by atoms with E-state index in [9.17, 15) is 24.6 Å². The molecule has 1 aliphatic heterocycles. The van der Waals surface area contributed by atoms with Crippen molar-refractivity contribution in [3.63, 3.8) is 0 Å². The van der Waals surface area contributed by atoms with Crippen molar-refractivity contribution in [3.8, 4) is 11.5 Å². The van der Waals surface area contributed by atoms with Gasteiger partial charge in [-0.05, 0) is 37.0 Å². The quantitative estimate of drug-likeness (QED) is 0.374. The van der Waals surface area contributed by atoms with Gasteiger partial charge in [-0.15, -0.1) is 0 Å². The largest absolute Gasteiger partial charge is 0.493 e. The number of methoxy groups -OCH3 is 2. The number of fused-ring (bicyclic) bond motifs is 3. The molecular formula is C27H36N2O8. The molecule has 3 N–H and O–H groups in total. The fraction of sp³-hybridized carbons (Fsp3) is 0.593. The van der Waals surface area contributed by atoms with Crippen LogP contribution in [0.15, 0.2) is 23.8 Å². The molecule has 10 nitrogen and oxygen atoms in total. The molecule has 4 atom stereocenters. The molecule has 4 rings (SSSR count). The Morgan fingerprint density at radius 2 is 2.00 bits per heavy atom. The highest BCUT2D eigenvalue weighted by atomic mass is 16.5. The van der Waals surface area contributed by atoms with Crippen molar-refractivity contribution in [2.24, 2.45) is 5.92 Å². The monoisotopic (exact) mass is 516 g/mol. The maximum absolute atomic E-state index is 13.5. The van der Waals surface area contributed by atoms with Gasteiger partial charge in [0.1, 0.15) is 18.5 Å². The Hall–Kier alpha value is -2.95. The Morgan fingerprint density at radius 3 is 2.65 bits per heavy atom. The summed E-state index contributed by atoms with van der Waals surface area (Å²) < 4.78 is 16.9. The number of aldehydes is 1. The molecule has 0 saturated heterocycles. The summed E-state index contributed by atoms with van der Waals surface area (Å²) in [7, 11) is 3.00. The lowest BCUT2D eigenvalue weighted by Crippen LogP contribution is -2.56. The maximum Gasteiger partial charge on any atom is 0.247 e. The molecule has 1 saturated carbocycles. The third kappa shape index (κ3) is 5.51. The van der Waals surface area contributed by atoms with Gasteiger partial charge in [0.25, 0.3) is 0 Å². The van der Waals surface area contributed by atoms with E-state index < -0.39 is 30.1 Å². The molecule has 3 aliphatic rings. The standard InChI is InChI=1S/C27H36N2O8/c1-35-10-8-29(22(32)13-16-5-3-4-6-16)20-14-19(27(34)28-7-9-30)23-18-11-17(15-31)12-21(36-2)25(18)37-26(23)24(20)33/h11-12,14-16,20,23-24,26,30,33H,3-10,13H2,1-2H3,(H,28,34). The average Bonchev–Trinajstić information content (AvgIpc) is 3.56. The Morgan fingerprint density at radius 1 is 1.24 bits per heavy atom. The minimum absolute atomic E-state index is 0.0419. The van der Waals surface area contributed by atoms with E-state index in [1.807, 2.05) is 0 Å². The average molecular weight is 517 g/mol. The van der Waals surface area contributed by atoms with Crippen LogP contribution in [0.3, 0.4) is 0 Å². The number of carbonyl (C=O) groups excluding carboxylic acids is 3. The van der Waals surface area contributed by atoms with Gasteiger partial charge < -0.3 is 34.6 Å². The number of aliphatic hydroxyl groups is 2. The molecule has 0 radical (unpaired) electrons. The van der Waals surface area contributed by atoms with E-state index in [0.717, 1.165) is 25.7 Å². The summed E-state index contributed by atoms with van der Waals surface area (Å²) >= 11 is 0. The van der Waals surface area contributed by atoms with Crippen molar-refractivity contribution < 1.29 is 38.8 Å². The summed E-state index contributed by atoms with van der Waals surface area (Å²) in [6.07, 6.45) is 4.86. The molecule has 4 unspecified atom stereocenters. The fourth-order valence-electron chi connectivity index (χ4n) is 5.77. The number of aliphatic hydroxyl groups excluding tert-OH is 2. The van der Waals surface area contributed by atoms with Crippen LogP contribution < -0.4 is 14.8 Å². The summed E-state index contributed by atoms with van der Waals surface area (Å²) in [6.45, 7) is 0.315. The Balaban J connectivity index is 1.75. The zero-order chi connectivity index (χ0) is 26.5. The van der Waals surface area contributed by atoms with Crippen LogP contribution in [0.5, 0.6) is 11.5 Å². The van der Waals surface area contributed by atoms with Crippen molar-refractivity contribution in [2.75, 3.05) is 40.5 Å². The van der Waals surface area contributed by atoms with Crippen LogP contribution in [0.1, 0.15) is 53.9 Å². The van der Waals surface area contributed by atoms with Gasteiger partial charge in [-0.25, -0.2) is 0 Å². The number of amides is 2. The number of ether oxygens (including phenoxy) is 3. The summed E-state index contributed by atoms with van der Waals surface area (Å²) in [5.41, 5.74) is 1.20. The van der Waals surface area contributed by atoms with Gasteiger partial charge in [-0.2, -0.15) is 0 Å². The number of nitrogens with one attached hydrogen (secondary N) is 1. The predicted molar refractivity (Wildman–Crippen MR) is 134 cm³/mol. The van der Waals surface area contributed by atoms with Crippen LogP contribution in [0.4, 0.5) is 0 Å². The van der Waals surface area contributed by atoms with Gasteiger partial charge in [-0.1, -0.05) is 12.8 Å². The summed E-state index contributed by atoms with van der Waals surface area (Å²) in [6, 6.07) is 2.34. The first-order valence-electron chi connectivity index (χ1n) is 12.8. The third-order valence-corrected chi connectivity index (χ3v) is 7.57. The normalized spacial score (nSPS) is 24.5. The molecule has 1 fully saturated rings. The fourth-order valence-corrected chi connectivity index (χ4v) is 5.77. The van der Waals surface area contributed by atoms with Gasteiger partial charge in [0.2, 0.25) is 11.8 Å². The van der Waals surface area contributed by atoms with E-state index in [1.165, 1.54) is 13.2 Å². The number of benzene rings is 1. The van der Waals surface area contributed by atoms with Crippen LogP contribution >= 0.6 is 0 Å². The van der Waals surface area contributed by atoms with Gasteiger partial charge in [0, 0.05) is 43.3 Å². The van der Waals surface area contributed by atoms with Crippen molar-refractivity contribution in [1.82, 2.24) is 10.2 Å². The first-order chi connectivity index (χ1) is 17.9. The SMILES string of the molecule is COCCN(C(=O)CC1CCCC1)C1C=C(C(=O)NCCO)C2c3cc(C=O)cc(OC)c3OC2C1O. The minimum Gasteiger partial charge on any atom is -0.493 e. The molecular weight excluding hydrogens is 480 g/mol. The van der Waals surface area contributed by atoms with Crippen molar-refractivity contribution >= 4 is 18.1 Å². The highest BCUT2D eigenvalue weighted by molar-refractivity contribution is 5.96. The van der Waals surface area contributed by atoms with Crippen molar-refractivity contribution in [2.45, 2.75) is 56.3 Å². The molecule has 202 valence electrons. The van der Waals surface area contributed by atoms with Crippen molar-refractivity contribution in [1.29, 1.82) is 0 Å². The Kier molecular flexibility index (Phi) is 8.83. The molecule has 1 aromatic rings. The second-order valence-corrected chi connectivity index (χ2v) is 9.84. The van der Waals surface area contributed by atoms with E-state index in [0.29, 0.717) is 46.8 Å². The van der Waals surface area contributed by atoms with E-state index >= 15 is 0 Å². The number of hydrogen-bond donors (Lipinski definition) is 3. The first kappa shape index (κ1) is 27.1. The summed E-state index contributed by atoms with van der Waals surface area (Å²) in [5, 5.41) is 23.5. The third-order valence-electron chi connectivity index (χ3n) is 7.57. The number of carbonyl (C=O) groups is 3. The van der Waals surface area contributed by atoms with E-state index in [-0.39, 0.29) is 32.2 Å². The molecule has 0 aromatic heterocycles. The topological polar surface area (TPSA) is 135 Å². The molecule has 10 heteroatoms. The van der Waals surface area contributed by atoms with Crippen LogP contribution in [0.25, 0.3) is 0 Å². The lowest BCUT2D eigenvalue weighted by Gasteiger charge is -2.41. The van der Waals surface area contributed by atoms with Gasteiger partial charge >= 0.3 is 0 Å². The zero-order valence-corrected chi connectivity index (χ0v) is 21.4. The molecule has 1 heterocycles. The molecule has 2 amide bonds. The second-order valence-electron chi connectivity index (χ2n) is 9.84. The molecule has 1 aromatic carbocycles. The van der Waals surface area contributed by atoms with Crippen LogP contribution in [0, 0.1) is 5.92 Å². The lowest BCUT2D eigenvalue weighted by atomic mass is 9.77. The second kappa shape index (κ2) is 12.1. The van der Waals surface area contributed by atoms with Gasteiger partial charge in [0.05, 0.1) is 32.3 Å². The van der Waals surface area contributed by atoms with Gasteiger partial charge in [0.15, 0.2) is 11.5 Å². The number of hydrogen-bond acceptors (Lipinski definition) is 8. The maximum atomic E-state index is 13.5. The number of rotatable bonds is 11. The molecule has 37 heavy (non-hydrogen) atoms. The van der Waals surface area contributed by atoms with Crippen molar-refractivity contribution in [3.05, 3.63) is 34.9 Å². The smallest absolute Gasteiger partial charge is 0.247 e. The van der Waals surface area contributed by atoms with Crippen LogP contribution in [0.2, 0.25) is 0 Å². The van der Waals surface area contributed by atoms with Crippen LogP contribution in [-0.4, -0.2) is 92.0 Å². The lowest BCUT2D eigenvalue weighted by molar-refractivity contribution is -0.139. The molecule has 0 bridgehead atoms. The minimum atomic E-state index is -1.15. The molecule has 0 spiro atoms. The van der Waals surface area contributed by atoms with E-state index in [2.05, 4.69) is 5.32 Å². The first-order valence-corrected chi connectivity index (χ1v) is 12.8. The zero-order valence-electron chi connectivity index (χ0n) is 21.4. The van der Waals surface area contributed by atoms with Crippen LogP contribution in [-0.2, 0) is 14.3 Å². The highest BCUT2D eigenvalue weighted by Gasteiger charge is 2.51. The van der Waals surface area contributed by atoms with E-state index in [4.69, 9.17) is 14.2 Å². The number of nitrogens with zero attached hydrogens (tertiary/aromatic N) is 1. The summed E-state index contributed by atoms with van der Waals surface area (Å²) in [4.78, 5) is 40.0. The highest BCUT2D eigenvalue weighted by Crippen LogP contribution is 2.51. The Bertz CT molecular complexity index is 1040. The summed E-state index contributed by atoms with van der Waals surface area (Å²) in [5.74, 6) is -0.258.